The summed E-state index contributed by atoms with van der Waals surface area (Å²) in [5.41, 5.74) is 6.86. The molecule has 2 heterocycles. The van der Waals surface area contributed by atoms with Crippen molar-refractivity contribution < 1.29 is 15.4 Å². The number of anilines is 2. The first-order chi connectivity index (χ1) is 8.75. The molecule has 0 saturated carbocycles. The first kappa shape index (κ1) is 16.0. The zero-order valence-electron chi connectivity index (χ0n) is 11.0. The maximum Gasteiger partial charge on any atom is 0.359 e. The summed E-state index contributed by atoms with van der Waals surface area (Å²) in [5.74, 6) is 0. The van der Waals surface area contributed by atoms with Gasteiger partial charge >= 0.3 is 5.63 Å². The lowest BCUT2D eigenvalue weighted by Crippen LogP contribution is -2.43. The molecule has 1 saturated heterocycles. The van der Waals surface area contributed by atoms with Crippen LogP contribution in [0.3, 0.4) is 0 Å². The molecule has 0 aliphatic carbocycles. The van der Waals surface area contributed by atoms with Crippen LogP contribution in [0.2, 0.25) is 0 Å². The minimum absolute atomic E-state index is 0. The highest BCUT2D eigenvalue weighted by Gasteiger charge is 2.15. The van der Waals surface area contributed by atoms with E-state index in [4.69, 9.17) is 10.2 Å². The highest BCUT2D eigenvalue weighted by Crippen LogP contribution is 2.26. The van der Waals surface area contributed by atoms with E-state index < -0.39 is 5.63 Å². The van der Waals surface area contributed by atoms with Crippen molar-refractivity contribution in [3.05, 3.63) is 34.7 Å². The van der Waals surface area contributed by atoms with E-state index in [-0.39, 0.29) is 16.6 Å². The van der Waals surface area contributed by atoms with Crippen LogP contribution in [0.1, 0.15) is 0 Å². The number of hydrogen-bond donors (Lipinski definition) is 2. The minimum Gasteiger partial charge on any atom is -0.419 e. The third-order valence-corrected chi connectivity index (χ3v) is 3.22. The predicted octanol–water partition coefficient (Wildman–Crippen LogP) is -0.865. The van der Waals surface area contributed by atoms with Gasteiger partial charge in [0.1, 0.15) is 5.69 Å². The highest BCUT2D eigenvalue weighted by molar-refractivity contribution is 5.90. The summed E-state index contributed by atoms with van der Waals surface area (Å²) in [6.07, 6.45) is 0. The van der Waals surface area contributed by atoms with Crippen LogP contribution >= 0.6 is 0 Å². The van der Waals surface area contributed by atoms with Gasteiger partial charge in [-0.25, -0.2) is 4.79 Å². The van der Waals surface area contributed by atoms with Crippen LogP contribution in [0.4, 0.5) is 11.4 Å². The first-order valence-corrected chi connectivity index (χ1v) is 6.04. The van der Waals surface area contributed by atoms with E-state index in [2.05, 4.69) is 10.2 Å². The largest absolute Gasteiger partial charge is 0.419 e. The molecule has 1 aromatic carbocycles. The van der Waals surface area contributed by atoms with E-state index in [1.54, 1.807) is 6.07 Å². The van der Waals surface area contributed by atoms with Crippen molar-refractivity contribution in [1.82, 2.24) is 5.32 Å². The van der Waals surface area contributed by atoms with Crippen LogP contribution in [-0.2, 0) is 0 Å². The standard InChI is InChI=1S/C13H15N3O2.2H2O/c14-10-8-9-2-1-3-11(12(9)18-13(10)17)16-6-4-15-5-7-16;;/h1-3,8,15H,4-7,14H2;2*1H2. The van der Waals surface area contributed by atoms with E-state index in [0.717, 1.165) is 37.3 Å². The van der Waals surface area contributed by atoms with Crippen molar-refractivity contribution in [2.45, 2.75) is 0 Å². The van der Waals surface area contributed by atoms with E-state index in [9.17, 15) is 4.79 Å². The molecule has 3 rings (SSSR count). The number of para-hydroxylation sites is 1. The van der Waals surface area contributed by atoms with Crippen molar-refractivity contribution >= 4 is 22.3 Å². The second-order valence-electron chi connectivity index (χ2n) is 4.42. The second-order valence-corrected chi connectivity index (χ2v) is 4.42. The number of nitrogens with zero attached hydrogens (tertiary/aromatic N) is 1. The Morgan fingerprint density at radius 3 is 2.60 bits per heavy atom. The third kappa shape index (κ3) is 2.74. The van der Waals surface area contributed by atoms with Crippen molar-refractivity contribution in [1.29, 1.82) is 0 Å². The summed E-state index contributed by atoms with van der Waals surface area (Å²) in [7, 11) is 0. The maximum atomic E-state index is 11.5. The maximum absolute atomic E-state index is 11.5. The number of rotatable bonds is 1. The zero-order chi connectivity index (χ0) is 12.5. The molecule has 0 radical (unpaired) electrons. The summed E-state index contributed by atoms with van der Waals surface area (Å²) in [5, 5.41) is 4.16. The molecule has 7 N–H and O–H groups in total. The Morgan fingerprint density at radius 1 is 1.20 bits per heavy atom. The number of nitrogens with two attached hydrogens (primary N) is 1. The predicted molar refractivity (Wildman–Crippen MR) is 79.2 cm³/mol. The number of hydrogen-bond acceptors (Lipinski definition) is 5. The quantitative estimate of drug-likeness (QED) is 0.655. The molecular weight excluding hydrogens is 262 g/mol. The van der Waals surface area contributed by atoms with E-state index in [0.29, 0.717) is 5.58 Å². The Labute approximate surface area is 115 Å². The van der Waals surface area contributed by atoms with Crippen LogP contribution in [-0.4, -0.2) is 37.1 Å². The molecule has 20 heavy (non-hydrogen) atoms. The topological polar surface area (TPSA) is 134 Å². The molecule has 0 amide bonds. The van der Waals surface area contributed by atoms with Crippen LogP contribution in [0.25, 0.3) is 11.0 Å². The lowest BCUT2D eigenvalue weighted by molar-refractivity contribution is 0.554. The number of nitrogens with one attached hydrogen (secondary N) is 1. The van der Waals surface area contributed by atoms with Gasteiger partial charge in [0.25, 0.3) is 0 Å². The molecular formula is C13H19N3O4. The van der Waals surface area contributed by atoms with Gasteiger partial charge in [-0.05, 0) is 12.1 Å². The molecule has 1 aliphatic heterocycles. The smallest absolute Gasteiger partial charge is 0.359 e. The Bertz CT molecular complexity index is 635. The normalized spacial score (nSPS) is 14.5. The molecule has 0 atom stereocenters. The van der Waals surface area contributed by atoms with Crippen LogP contribution < -0.4 is 21.6 Å². The Kier molecular flexibility index (Phi) is 5.09. The molecule has 110 valence electrons. The molecule has 1 aliphatic rings. The fourth-order valence-corrected chi connectivity index (χ4v) is 2.30. The van der Waals surface area contributed by atoms with Crippen molar-refractivity contribution in [3.63, 3.8) is 0 Å². The molecule has 0 bridgehead atoms. The van der Waals surface area contributed by atoms with Gasteiger partial charge < -0.3 is 31.3 Å². The molecule has 7 nitrogen and oxygen atoms in total. The van der Waals surface area contributed by atoms with Gasteiger partial charge in [-0.1, -0.05) is 12.1 Å². The lowest BCUT2D eigenvalue weighted by Gasteiger charge is -2.29. The summed E-state index contributed by atoms with van der Waals surface area (Å²) < 4.78 is 5.33. The summed E-state index contributed by atoms with van der Waals surface area (Å²) in [6, 6.07) is 7.51. The van der Waals surface area contributed by atoms with Gasteiger partial charge in [0, 0.05) is 31.6 Å². The molecule has 2 aromatic rings. The average molecular weight is 281 g/mol. The first-order valence-electron chi connectivity index (χ1n) is 6.04. The number of nitrogen functional groups attached to an aromatic ring is 1. The van der Waals surface area contributed by atoms with Crippen LogP contribution in [0.5, 0.6) is 0 Å². The molecule has 1 aromatic heterocycles. The summed E-state index contributed by atoms with van der Waals surface area (Å²) >= 11 is 0. The molecule has 0 unspecified atom stereocenters. The second kappa shape index (κ2) is 6.38. The molecule has 7 heteroatoms. The van der Waals surface area contributed by atoms with Gasteiger partial charge in [-0.2, -0.15) is 0 Å². The van der Waals surface area contributed by atoms with Crippen LogP contribution in [0.15, 0.2) is 33.5 Å². The van der Waals surface area contributed by atoms with Gasteiger partial charge in [0.2, 0.25) is 0 Å². The van der Waals surface area contributed by atoms with Crippen molar-refractivity contribution in [2.24, 2.45) is 0 Å². The zero-order valence-corrected chi connectivity index (χ0v) is 11.0. The monoisotopic (exact) mass is 281 g/mol. The van der Waals surface area contributed by atoms with E-state index in [1.807, 2.05) is 18.2 Å². The molecule has 0 spiro atoms. The summed E-state index contributed by atoms with van der Waals surface area (Å²) in [6.45, 7) is 3.70. The SMILES string of the molecule is Nc1cc2cccc(N3CCNCC3)c2oc1=O.O.O. The van der Waals surface area contributed by atoms with Crippen LogP contribution in [0, 0.1) is 0 Å². The Hall–Kier alpha value is -2.09. The van der Waals surface area contributed by atoms with Gasteiger partial charge in [0.05, 0.1) is 5.69 Å². The summed E-state index contributed by atoms with van der Waals surface area (Å²) in [4.78, 5) is 13.8. The minimum atomic E-state index is -0.468. The van der Waals surface area contributed by atoms with Gasteiger partial charge in [0.15, 0.2) is 5.58 Å². The Morgan fingerprint density at radius 2 is 1.90 bits per heavy atom. The van der Waals surface area contributed by atoms with Gasteiger partial charge in [-0.15, -0.1) is 0 Å². The Balaban J connectivity index is 0.000001000. The van der Waals surface area contributed by atoms with Crippen molar-refractivity contribution in [2.75, 3.05) is 36.8 Å². The number of benzene rings is 1. The third-order valence-electron chi connectivity index (χ3n) is 3.22. The number of piperazine rings is 1. The lowest BCUT2D eigenvalue weighted by atomic mass is 10.1. The fraction of sp³-hybridized carbons (Fsp3) is 0.308. The van der Waals surface area contributed by atoms with E-state index >= 15 is 0 Å². The van der Waals surface area contributed by atoms with Gasteiger partial charge in [-0.3, -0.25) is 0 Å². The fourth-order valence-electron chi connectivity index (χ4n) is 2.30. The van der Waals surface area contributed by atoms with E-state index in [1.165, 1.54) is 0 Å². The number of fused-ring (bicyclic) bond motifs is 1. The average Bonchev–Trinajstić information content (AvgIpc) is 2.40. The highest BCUT2D eigenvalue weighted by atomic mass is 16.4. The molecule has 1 fully saturated rings. The van der Waals surface area contributed by atoms with Crippen molar-refractivity contribution in [3.8, 4) is 0 Å².